The van der Waals surface area contributed by atoms with Crippen molar-refractivity contribution in [2.24, 2.45) is 5.41 Å². The van der Waals surface area contributed by atoms with Crippen LogP contribution in [0.2, 0.25) is 0 Å². The summed E-state index contributed by atoms with van der Waals surface area (Å²) in [7, 11) is 0. The molecular weight excluding hydrogens is 352 g/mol. The lowest BCUT2D eigenvalue weighted by Gasteiger charge is -2.18. The van der Waals surface area contributed by atoms with Gasteiger partial charge in [-0.05, 0) is 37.6 Å². The summed E-state index contributed by atoms with van der Waals surface area (Å²) in [5.74, 6) is 0.591. The first kappa shape index (κ1) is 19.6. The fraction of sp³-hybridized carbons (Fsp3) is 0.318. The molecule has 1 amide bonds. The lowest BCUT2D eigenvalue weighted by atomic mass is 9.95. The van der Waals surface area contributed by atoms with Crippen LogP contribution < -0.4 is 10.6 Å². The zero-order valence-electron chi connectivity index (χ0n) is 16.9. The fourth-order valence-electron chi connectivity index (χ4n) is 2.71. The van der Waals surface area contributed by atoms with E-state index in [9.17, 15) is 9.90 Å². The van der Waals surface area contributed by atoms with E-state index in [1.165, 1.54) is 0 Å². The van der Waals surface area contributed by atoms with Crippen molar-refractivity contribution in [2.75, 3.05) is 10.6 Å². The van der Waals surface area contributed by atoms with Crippen molar-refractivity contribution in [1.82, 2.24) is 9.97 Å². The number of aromatic hydroxyl groups is 1. The van der Waals surface area contributed by atoms with Gasteiger partial charge in [-0.2, -0.15) is 0 Å². The van der Waals surface area contributed by atoms with Crippen LogP contribution >= 0.6 is 0 Å². The summed E-state index contributed by atoms with van der Waals surface area (Å²) in [6.07, 6.45) is 1.74. The molecule has 28 heavy (non-hydrogen) atoms. The van der Waals surface area contributed by atoms with Gasteiger partial charge in [-0.25, -0.2) is 9.97 Å². The minimum atomic E-state index is -0.486. The second-order valence-corrected chi connectivity index (χ2v) is 8.21. The number of fused-ring (bicyclic) bond motifs is 1. The van der Waals surface area contributed by atoms with E-state index in [4.69, 9.17) is 0 Å². The predicted octanol–water partition coefficient (Wildman–Crippen LogP) is 4.81. The van der Waals surface area contributed by atoms with Crippen LogP contribution in [0.4, 0.5) is 11.6 Å². The minimum absolute atomic E-state index is 0.0639. The number of rotatable bonds is 4. The second kappa shape index (κ2) is 7.46. The van der Waals surface area contributed by atoms with Crippen LogP contribution in [-0.4, -0.2) is 27.0 Å². The molecule has 2 aromatic carbocycles. The molecule has 0 radical (unpaired) electrons. The molecule has 0 fully saturated rings. The lowest BCUT2D eigenvalue weighted by Crippen LogP contribution is -2.27. The Morgan fingerprint density at radius 1 is 1.14 bits per heavy atom. The molecule has 0 atom stereocenters. The second-order valence-electron chi connectivity index (χ2n) is 8.21. The van der Waals surface area contributed by atoms with Gasteiger partial charge >= 0.3 is 0 Å². The largest absolute Gasteiger partial charge is 0.507 e. The molecule has 3 rings (SSSR count). The summed E-state index contributed by atoms with van der Waals surface area (Å²) in [4.78, 5) is 21.0. The molecule has 0 saturated carbocycles. The molecule has 0 spiro atoms. The zero-order chi connectivity index (χ0) is 20.5. The Labute approximate surface area is 165 Å². The minimum Gasteiger partial charge on any atom is -0.507 e. The molecular formula is C22H26N4O2. The maximum Gasteiger partial charge on any atom is 0.229 e. The first-order valence-corrected chi connectivity index (χ1v) is 9.31. The summed E-state index contributed by atoms with van der Waals surface area (Å²) in [5, 5.41) is 17.5. The summed E-state index contributed by atoms with van der Waals surface area (Å²) in [6.45, 7) is 9.62. The van der Waals surface area contributed by atoms with Crippen molar-refractivity contribution in [3.8, 4) is 16.9 Å². The number of nitrogens with one attached hydrogen (secondary N) is 2. The molecule has 3 N–H and O–H groups in total. The van der Waals surface area contributed by atoms with E-state index in [0.717, 1.165) is 10.9 Å². The Hall–Kier alpha value is -3.15. The van der Waals surface area contributed by atoms with Gasteiger partial charge in [-0.3, -0.25) is 4.79 Å². The highest BCUT2D eigenvalue weighted by atomic mass is 16.3. The van der Waals surface area contributed by atoms with Gasteiger partial charge in [0.05, 0.1) is 5.52 Å². The summed E-state index contributed by atoms with van der Waals surface area (Å²) in [5.41, 5.74) is 2.32. The zero-order valence-corrected chi connectivity index (χ0v) is 16.9. The molecule has 146 valence electrons. The number of hydrogen-bond donors (Lipinski definition) is 3. The van der Waals surface area contributed by atoms with E-state index < -0.39 is 5.41 Å². The van der Waals surface area contributed by atoms with Gasteiger partial charge < -0.3 is 15.7 Å². The SMILES string of the molecule is CC(C)Nc1ncc2cc(-c3cccc(NC(=O)C(C)(C)C)c3)c(O)cc2n1. The number of anilines is 2. The third kappa shape index (κ3) is 4.39. The van der Waals surface area contributed by atoms with E-state index >= 15 is 0 Å². The Morgan fingerprint density at radius 2 is 1.89 bits per heavy atom. The van der Waals surface area contributed by atoms with Crippen LogP contribution in [-0.2, 0) is 4.79 Å². The highest BCUT2D eigenvalue weighted by Gasteiger charge is 2.21. The van der Waals surface area contributed by atoms with Crippen LogP contribution in [0.1, 0.15) is 34.6 Å². The van der Waals surface area contributed by atoms with Gasteiger partial charge in [0.2, 0.25) is 11.9 Å². The molecule has 6 nitrogen and oxygen atoms in total. The van der Waals surface area contributed by atoms with Crippen molar-refractivity contribution in [3.05, 3.63) is 42.6 Å². The number of amides is 1. The lowest BCUT2D eigenvalue weighted by molar-refractivity contribution is -0.123. The third-order valence-corrected chi connectivity index (χ3v) is 4.23. The number of phenolic OH excluding ortho intramolecular Hbond substituents is 1. The molecule has 0 saturated heterocycles. The van der Waals surface area contributed by atoms with Crippen LogP contribution in [0, 0.1) is 5.41 Å². The smallest absolute Gasteiger partial charge is 0.229 e. The molecule has 0 aliphatic carbocycles. The number of hydrogen-bond acceptors (Lipinski definition) is 5. The molecule has 6 heteroatoms. The van der Waals surface area contributed by atoms with Gasteiger partial charge in [0.15, 0.2) is 0 Å². The fourth-order valence-corrected chi connectivity index (χ4v) is 2.71. The van der Waals surface area contributed by atoms with Crippen LogP contribution in [0.15, 0.2) is 42.6 Å². The standard InChI is InChI=1S/C22H26N4O2/c1-13(2)24-21-23-12-15-10-17(19(27)11-18(15)26-21)14-7-6-8-16(9-14)25-20(28)22(3,4)5/h6-13,27H,1-5H3,(H,25,28)(H,23,24,26). The number of carbonyl (C=O) groups is 1. The van der Waals surface area contributed by atoms with Crippen LogP contribution in [0.5, 0.6) is 5.75 Å². The number of nitrogens with zero attached hydrogens (tertiary/aromatic N) is 2. The molecule has 1 aromatic heterocycles. The number of phenols is 1. The van der Waals surface area contributed by atoms with Crippen molar-refractivity contribution < 1.29 is 9.90 Å². The average Bonchev–Trinajstić information content (AvgIpc) is 2.60. The monoisotopic (exact) mass is 378 g/mol. The molecule has 3 aromatic rings. The Bertz CT molecular complexity index is 1020. The van der Waals surface area contributed by atoms with Gasteiger partial charge in [0, 0.05) is 40.4 Å². The maximum absolute atomic E-state index is 12.2. The summed E-state index contributed by atoms with van der Waals surface area (Å²) < 4.78 is 0. The highest BCUT2D eigenvalue weighted by Crippen LogP contribution is 2.34. The molecule has 0 aliphatic rings. The Balaban J connectivity index is 1.96. The first-order chi connectivity index (χ1) is 13.1. The van der Waals surface area contributed by atoms with Crippen LogP contribution in [0.25, 0.3) is 22.0 Å². The van der Waals surface area contributed by atoms with E-state index in [-0.39, 0.29) is 17.7 Å². The van der Waals surface area contributed by atoms with E-state index in [2.05, 4.69) is 20.6 Å². The van der Waals surface area contributed by atoms with E-state index in [1.807, 2.05) is 65.0 Å². The molecule has 1 heterocycles. The predicted molar refractivity (Wildman–Crippen MR) is 113 cm³/mol. The quantitative estimate of drug-likeness (QED) is 0.606. The third-order valence-electron chi connectivity index (χ3n) is 4.23. The van der Waals surface area contributed by atoms with Gasteiger partial charge in [0.25, 0.3) is 0 Å². The average molecular weight is 378 g/mol. The summed E-state index contributed by atoms with van der Waals surface area (Å²) in [6, 6.07) is 11.1. The highest BCUT2D eigenvalue weighted by molar-refractivity contribution is 5.95. The first-order valence-electron chi connectivity index (χ1n) is 9.31. The van der Waals surface area contributed by atoms with Gasteiger partial charge in [-0.1, -0.05) is 32.9 Å². The molecule has 0 aliphatic heterocycles. The molecule has 0 bridgehead atoms. The van der Waals surface area contributed by atoms with E-state index in [1.54, 1.807) is 12.3 Å². The Kier molecular flexibility index (Phi) is 5.23. The van der Waals surface area contributed by atoms with Crippen molar-refractivity contribution in [2.45, 2.75) is 40.7 Å². The van der Waals surface area contributed by atoms with Gasteiger partial charge in [0.1, 0.15) is 5.75 Å². The van der Waals surface area contributed by atoms with Gasteiger partial charge in [-0.15, -0.1) is 0 Å². The topological polar surface area (TPSA) is 87.1 Å². The van der Waals surface area contributed by atoms with Crippen molar-refractivity contribution in [1.29, 1.82) is 0 Å². The summed E-state index contributed by atoms with van der Waals surface area (Å²) >= 11 is 0. The Morgan fingerprint density at radius 3 is 2.57 bits per heavy atom. The molecule has 0 unspecified atom stereocenters. The van der Waals surface area contributed by atoms with Crippen LogP contribution in [0.3, 0.4) is 0 Å². The number of carbonyl (C=O) groups excluding carboxylic acids is 1. The van der Waals surface area contributed by atoms with Crippen molar-refractivity contribution >= 4 is 28.4 Å². The van der Waals surface area contributed by atoms with Crippen molar-refractivity contribution in [3.63, 3.8) is 0 Å². The maximum atomic E-state index is 12.2. The normalized spacial score (nSPS) is 11.6. The van der Waals surface area contributed by atoms with E-state index in [0.29, 0.717) is 22.7 Å². The number of benzene rings is 2. The number of aromatic nitrogens is 2.